The van der Waals surface area contributed by atoms with Crippen LogP contribution in [0.2, 0.25) is 0 Å². The van der Waals surface area contributed by atoms with E-state index < -0.39 is 0 Å². The van der Waals surface area contributed by atoms with Gasteiger partial charge in [-0.1, -0.05) is 0 Å². The number of imidazole rings is 1. The summed E-state index contributed by atoms with van der Waals surface area (Å²) in [5.41, 5.74) is 0. The van der Waals surface area contributed by atoms with Gasteiger partial charge in [-0.15, -0.1) is 0 Å². The zero-order chi connectivity index (χ0) is 12.3. The molecule has 4 nitrogen and oxygen atoms in total. The van der Waals surface area contributed by atoms with E-state index >= 15 is 0 Å². The zero-order valence-electron chi connectivity index (χ0n) is 11.1. The van der Waals surface area contributed by atoms with Crippen LogP contribution in [0.15, 0.2) is 12.4 Å². The number of hydrogen-bond acceptors (Lipinski definition) is 3. The maximum Gasteiger partial charge on any atom is 0.295 e. The molecule has 0 bridgehead atoms. The lowest BCUT2D eigenvalue weighted by molar-refractivity contribution is 0.114. The van der Waals surface area contributed by atoms with Crippen molar-refractivity contribution < 1.29 is 4.74 Å². The lowest BCUT2D eigenvalue weighted by atomic mass is 9.97. The largest absolute Gasteiger partial charge is 0.464 e. The molecule has 0 unspecified atom stereocenters. The quantitative estimate of drug-likeness (QED) is 0.801. The summed E-state index contributed by atoms with van der Waals surface area (Å²) >= 11 is 0. The second kappa shape index (κ2) is 5.54. The molecule has 1 fully saturated rings. The highest BCUT2D eigenvalue weighted by Crippen LogP contribution is 2.19. The molecule has 1 aliphatic rings. The van der Waals surface area contributed by atoms with Gasteiger partial charge < -0.3 is 14.2 Å². The summed E-state index contributed by atoms with van der Waals surface area (Å²) < 4.78 is 7.67. The Labute approximate surface area is 104 Å². The Hall–Kier alpha value is -1.03. The monoisotopic (exact) mass is 237 g/mol. The van der Waals surface area contributed by atoms with Crippen LogP contribution in [0.3, 0.4) is 0 Å². The number of aryl methyl sites for hydroxylation is 1. The van der Waals surface area contributed by atoms with Crippen LogP contribution in [-0.2, 0) is 7.05 Å². The van der Waals surface area contributed by atoms with Gasteiger partial charge in [0, 0.05) is 25.5 Å². The SMILES string of the molecule is CC(C)N1CCC(COc2nccn2C)CC1. The minimum absolute atomic E-state index is 0.673. The third kappa shape index (κ3) is 3.22. The third-order valence-electron chi connectivity index (χ3n) is 3.60. The highest BCUT2D eigenvalue weighted by molar-refractivity contribution is 4.96. The van der Waals surface area contributed by atoms with Gasteiger partial charge in [0.05, 0.1) is 6.61 Å². The van der Waals surface area contributed by atoms with Crippen molar-refractivity contribution in [3.8, 4) is 6.01 Å². The summed E-state index contributed by atoms with van der Waals surface area (Å²) in [6.07, 6.45) is 6.17. The molecule has 0 N–H and O–H groups in total. The van der Waals surface area contributed by atoms with E-state index in [1.807, 2.05) is 17.8 Å². The fraction of sp³-hybridized carbons (Fsp3) is 0.769. The van der Waals surface area contributed by atoms with E-state index in [-0.39, 0.29) is 0 Å². The molecule has 0 aromatic carbocycles. The number of rotatable bonds is 4. The third-order valence-corrected chi connectivity index (χ3v) is 3.60. The number of piperidine rings is 1. The average Bonchev–Trinajstić information content (AvgIpc) is 2.73. The molecule has 0 saturated carbocycles. The predicted molar refractivity (Wildman–Crippen MR) is 68.1 cm³/mol. The summed E-state index contributed by atoms with van der Waals surface area (Å²) in [7, 11) is 1.96. The molecule has 96 valence electrons. The number of hydrogen-bond donors (Lipinski definition) is 0. The number of aromatic nitrogens is 2. The molecule has 0 amide bonds. The van der Waals surface area contributed by atoms with Gasteiger partial charge in [-0.05, 0) is 45.7 Å². The molecule has 17 heavy (non-hydrogen) atoms. The predicted octanol–water partition coefficient (Wildman–Crippen LogP) is 1.92. The Morgan fingerprint density at radius 2 is 2.12 bits per heavy atom. The van der Waals surface area contributed by atoms with Crippen LogP contribution >= 0.6 is 0 Å². The molecule has 0 radical (unpaired) electrons. The first-order valence-electron chi connectivity index (χ1n) is 6.51. The minimum atomic E-state index is 0.673. The first-order valence-corrected chi connectivity index (χ1v) is 6.51. The summed E-state index contributed by atoms with van der Waals surface area (Å²) in [6.45, 7) is 7.74. The molecule has 1 aliphatic heterocycles. The molecule has 0 spiro atoms. The molecule has 1 aromatic rings. The van der Waals surface area contributed by atoms with E-state index in [9.17, 15) is 0 Å². The molecular weight excluding hydrogens is 214 g/mol. The average molecular weight is 237 g/mol. The van der Waals surface area contributed by atoms with Crippen LogP contribution in [0.1, 0.15) is 26.7 Å². The van der Waals surface area contributed by atoms with E-state index in [1.165, 1.54) is 25.9 Å². The van der Waals surface area contributed by atoms with Gasteiger partial charge in [-0.2, -0.15) is 0 Å². The van der Waals surface area contributed by atoms with Crippen molar-refractivity contribution in [1.82, 2.24) is 14.5 Å². The van der Waals surface area contributed by atoms with Crippen LogP contribution in [0.25, 0.3) is 0 Å². The fourth-order valence-corrected chi connectivity index (χ4v) is 2.32. The van der Waals surface area contributed by atoms with Crippen LogP contribution in [0.5, 0.6) is 6.01 Å². The lowest BCUT2D eigenvalue weighted by Crippen LogP contribution is -2.39. The Morgan fingerprint density at radius 3 is 2.65 bits per heavy atom. The summed E-state index contributed by atoms with van der Waals surface area (Å²) in [4.78, 5) is 6.71. The van der Waals surface area contributed by atoms with Gasteiger partial charge in [0.2, 0.25) is 0 Å². The van der Waals surface area contributed by atoms with Crippen molar-refractivity contribution in [2.75, 3.05) is 19.7 Å². The Morgan fingerprint density at radius 1 is 1.41 bits per heavy atom. The number of nitrogens with zero attached hydrogens (tertiary/aromatic N) is 3. The molecule has 1 saturated heterocycles. The minimum Gasteiger partial charge on any atom is -0.464 e. The van der Waals surface area contributed by atoms with Crippen molar-refractivity contribution in [3.05, 3.63) is 12.4 Å². The highest BCUT2D eigenvalue weighted by atomic mass is 16.5. The maximum absolute atomic E-state index is 5.75. The van der Waals surface area contributed by atoms with Gasteiger partial charge in [-0.25, -0.2) is 4.98 Å². The molecule has 2 rings (SSSR count). The Balaban J connectivity index is 1.74. The van der Waals surface area contributed by atoms with Crippen molar-refractivity contribution in [3.63, 3.8) is 0 Å². The molecule has 1 aromatic heterocycles. The van der Waals surface area contributed by atoms with Crippen LogP contribution in [0.4, 0.5) is 0 Å². The highest BCUT2D eigenvalue weighted by Gasteiger charge is 2.21. The van der Waals surface area contributed by atoms with Crippen LogP contribution < -0.4 is 4.74 Å². The van der Waals surface area contributed by atoms with Crippen LogP contribution in [0, 0.1) is 5.92 Å². The second-order valence-corrected chi connectivity index (χ2v) is 5.20. The summed E-state index contributed by atoms with van der Waals surface area (Å²) in [5.74, 6) is 0.682. The number of likely N-dealkylation sites (tertiary alicyclic amines) is 1. The first-order chi connectivity index (χ1) is 8.16. The molecule has 0 atom stereocenters. The maximum atomic E-state index is 5.75. The standard InChI is InChI=1S/C13H23N3O/c1-11(2)16-7-4-12(5-8-16)10-17-13-14-6-9-15(13)3/h6,9,11-12H,4-5,7-8,10H2,1-3H3. The topological polar surface area (TPSA) is 30.3 Å². The molecular formula is C13H23N3O. The summed E-state index contributed by atoms with van der Waals surface area (Å²) in [5, 5.41) is 0. The Kier molecular flexibility index (Phi) is 4.05. The van der Waals surface area contributed by atoms with Gasteiger partial charge >= 0.3 is 0 Å². The van der Waals surface area contributed by atoms with E-state index in [2.05, 4.69) is 23.7 Å². The van der Waals surface area contributed by atoms with E-state index in [4.69, 9.17) is 4.74 Å². The first kappa shape index (κ1) is 12.4. The normalized spacial score (nSPS) is 18.8. The van der Waals surface area contributed by atoms with E-state index in [0.717, 1.165) is 12.6 Å². The van der Waals surface area contributed by atoms with Gasteiger partial charge in [0.25, 0.3) is 6.01 Å². The van der Waals surface area contributed by atoms with Gasteiger partial charge in [0.15, 0.2) is 0 Å². The molecule has 2 heterocycles. The van der Waals surface area contributed by atoms with Crippen molar-refractivity contribution >= 4 is 0 Å². The Bertz CT molecular complexity index is 340. The van der Waals surface area contributed by atoms with Crippen molar-refractivity contribution in [2.24, 2.45) is 13.0 Å². The lowest BCUT2D eigenvalue weighted by Gasteiger charge is -2.34. The van der Waals surface area contributed by atoms with Crippen LogP contribution in [-0.4, -0.2) is 40.2 Å². The fourth-order valence-electron chi connectivity index (χ4n) is 2.32. The molecule has 0 aliphatic carbocycles. The number of ether oxygens (including phenoxy) is 1. The van der Waals surface area contributed by atoms with E-state index in [1.54, 1.807) is 6.20 Å². The van der Waals surface area contributed by atoms with Crippen molar-refractivity contribution in [1.29, 1.82) is 0 Å². The second-order valence-electron chi connectivity index (χ2n) is 5.20. The smallest absolute Gasteiger partial charge is 0.295 e. The zero-order valence-corrected chi connectivity index (χ0v) is 11.1. The van der Waals surface area contributed by atoms with E-state index in [0.29, 0.717) is 12.0 Å². The molecule has 4 heteroatoms. The summed E-state index contributed by atoms with van der Waals surface area (Å²) in [6, 6.07) is 1.41. The van der Waals surface area contributed by atoms with Gasteiger partial charge in [-0.3, -0.25) is 0 Å². The van der Waals surface area contributed by atoms with Gasteiger partial charge in [0.1, 0.15) is 0 Å². The van der Waals surface area contributed by atoms with Crippen molar-refractivity contribution in [2.45, 2.75) is 32.7 Å².